The van der Waals surface area contributed by atoms with Gasteiger partial charge in [0.25, 0.3) is 5.91 Å². The second-order valence-corrected chi connectivity index (χ2v) is 9.92. The summed E-state index contributed by atoms with van der Waals surface area (Å²) in [7, 11) is 1.63. The minimum absolute atomic E-state index is 0.0238. The molecule has 0 spiro atoms. The summed E-state index contributed by atoms with van der Waals surface area (Å²) in [5, 5.41) is 7.20. The Hall–Kier alpha value is -2.44. The van der Waals surface area contributed by atoms with Crippen molar-refractivity contribution in [3.05, 3.63) is 69.6 Å². The van der Waals surface area contributed by atoms with Gasteiger partial charge in [-0.3, -0.25) is 9.59 Å². The van der Waals surface area contributed by atoms with Gasteiger partial charge in [-0.1, -0.05) is 35.9 Å². The van der Waals surface area contributed by atoms with Crippen LogP contribution < -0.4 is 15.4 Å². The van der Waals surface area contributed by atoms with Crippen LogP contribution in [0.3, 0.4) is 0 Å². The van der Waals surface area contributed by atoms with Crippen molar-refractivity contribution in [2.45, 2.75) is 37.0 Å². The monoisotopic (exact) mass is 470 g/mol. The van der Waals surface area contributed by atoms with E-state index in [-0.39, 0.29) is 23.8 Å². The highest BCUT2D eigenvalue weighted by molar-refractivity contribution is 8.04. The number of carbonyl (C=O) groups excluding carboxylic acids is 2. The molecular formula is C25H27ClN2O3S. The van der Waals surface area contributed by atoms with Crippen molar-refractivity contribution >= 4 is 41.3 Å². The van der Waals surface area contributed by atoms with Crippen LogP contribution in [-0.4, -0.2) is 36.8 Å². The van der Waals surface area contributed by atoms with Crippen LogP contribution in [0.1, 0.15) is 30.4 Å². The Balaban J connectivity index is 1.30. The number of halogens is 1. The summed E-state index contributed by atoms with van der Waals surface area (Å²) in [6.07, 6.45) is 5.10. The lowest BCUT2D eigenvalue weighted by Crippen LogP contribution is -2.51. The zero-order valence-electron chi connectivity index (χ0n) is 18.0. The van der Waals surface area contributed by atoms with Crippen LogP contribution in [-0.2, 0) is 16.0 Å². The summed E-state index contributed by atoms with van der Waals surface area (Å²) >= 11 is 7.54. The number of amides is 2. The highest BCUT2D eigenvalue weighted by atomic mass is 35.5. The van der Waals surface area contributed by atoms with Gasteiger partial charge in [0.05, 0.1) is 12.0 Å². The van der Waals surface area contributed by atoms with Crippen LogP contribution >= 0.6 is 23.4 Å². The fourth-order valence-corrected chi connectivity index (χ4v) is 5.66. The number of nitrogens with one attached hydrogen (secondary N) is 2. The molecule has 32 heavy (non-hydrogen) atoms. The normalized spacial score (nSPS) is 23.9. The molecule has 4 rings (SSSR count). The molecule has 0 aromatic heterocycles. The number of benzene rings is 2. The van der Waals surface area contributed by atoms with Gasteiger partial charge in [-0.25, -0.2) is 0 Å². The Bertz CT molecular complexity index is 1010. The number of hydrogen-bond acceptors (Lipinski definition) is 4. The maximum atomic E-state index is 12.7. The summed E-state index contributed by atoms with van der Waals surface area (Å²) in [5.74, 6) is 0.713. The van der Waals surface area contributed by atoms with Gasteiger partial charge in [0, 0.05) is 28.8 Å². The average molecular weight is 471 g/mol. The van der Waals surface area contributed by atoms with Crippen molar-refractivity contribution < 1.29 is 14.3 Å². The summed E-state index contributed by atoms with van der Waals surface area (Å²) in [4.78, 5) is 26.1. The zero-order valence-corrected chi connectivity index (χ0v) is 19.5. The number of thioether (sulfide) groups is 1. The van der Waals surface area contributed by atoms with E-state index in [1.165, 1.54) is 0 Å². The molecular weight excluding hydrogens is 444 g/mol. The number of fused-ring (bicyclic) bond motifs is 1. The Morgan fingerprint density at radius 1 is 1.25 bits per heavy atom. The van der Waals surface area contributed by atoms with Gasteiger partial charge in [0.1, 0.15) is 5.75 Å². The van der Waals surface area contributed by atoms with Crippen LogP contribution in [0.15, 0.2) is 53.4 Å². The largest absolute Gasteiger partial charge is 0.497 e. The first-order valence-corrected chi connectivity index (χ1v) is 12.1. The number of carbonyl (C=O) groups is 2. The van der Waals surface area contributed by atoms with E-state index >= 15 is 0 Å². The van der Waals surface area contributed by atoms with Gasteiger partial charge in [-0.2, -0.15) is 0 Å². The second kappa shape index (κ2) is 10.5. The summed E-state index contributed by atoms with van der Waals surface area (Å²) in [6, 6.07) is 15.4. The van der Waals surface area contributed by atoms with Crippen molar-refractivity contribution in [1.82, 2.24) is 10.6 Å². The molecule has 0 bridgehead atoms. The lowest BCUT2D eigenvalue weighted by atomic mass is 9.84. The molecule has 3 unspecified atom stereocenters. The van der Waals surface area contributed by atoms with Gasteiger partial charge in [-0.05, 0) is 67.2 Å². The minimum atomic E-state index is -0.0668. The number of methoxy groups -OCH3 is 1. The van der Waals surface area contributed by atoms with Crippen LogP contribution in [0.25, 0.3) is 6.08 Å². The third kappa shape index (κ3) is 5.67. The summed E-state index contributed by atoms with van der Waals surface area (Å²) < 4.78 is 5.27. The Morgan fingerprint density at radius 2 is 2.06 bits per heavy atom. The van der Waals surface area contributed by atoms with Crippen molar-refractivity contribution in [3.63, 3.8) is 0 Å². The van der Waals surface area contributed by atoms with E-state index in [1.807, 2.05) is 54.6 Å². The molecule has 1 heterocycles. The van der Waals surface area contributed by atoms with E-state index in [0.29, 0.717) is 28.1 Å². The molecule has 2 aromatic rings. The van der Waals surface area contributed by atoms with E-state index in [4.69, 9.17) is 16.3 Å². The van der Waals surface area contributed by atoms with E-state index < -0.39 is 0 Å². The Morgan fingerprint density at radius 3 is 2.84 bits per heavy atom. The van der Waals surface area contributed by atoms with E-state index in [0.717, 1.165) is 36.1 Å². The number of ether oxygens (including phenoxy) is 1. The standard InChI is InChI=1S/C25H27ClN2O3S/c1-31-20-4-2-3-17(13-20)14-23-25(30)28-21-15-18(7-10-22(21)32-23)24(29)27-12-11-16-5-8-19(26)9-6-16/h2-6,8-9,13-14,18,21-22H,7,10-12,15H2,1H3,(H,27,29)(H,28,30)/b23-14+. The highest BCUT2D eigenvalue weighted by Crippen LogP contribution is 2.40. The molecule has 2 aromatic carbocycles. The van der Waals surface area contributed by atoms with Gasteiger partial charge < -0.3 is 15.4 Å². The van der Waals surface area contributed by atoms with Crippen molar-refractivity contribution in [1.29, 1.82) is 0 Å². The first kappa shape index (κ1) is 22.7. The molecule has 2 amide bonds. The fraction of sp³-hybridized carbons (Fsp3) is 0.360. The molecule has 2 N–H and O–H groups in total. The van der Waals surface area contributed by atoms with Gasteiger partial charge in [-0.15, -0.1) is 11.8 Å². The first-order valence-electron chi connectivity index (χ1n) is 10.9. The van der Waals surface area contributed by atoms with Crippen LogP contribution in [0.2, 0.25) is 5.02 Å². The lowest BCUT2D eigenvalue weighted by molar-refractivity contribution is -0.127. The summed E-state index contributed by atoms with van der Waals surface area (Å²) in [5.41, 5.74) is 2.08. The Labute approximate surface area is 197 Å². The Kier molecular flexibility index (Phi) is 7.43. The molecule has 1 saturated carbocycles. The average Bonchev–Trinajstić information content (AvgIpc) is 2.80. The fourth-order valence-electron chi connectivity index (χ4n) is 4.24. The zero-order chi connectivity index (χ0) is 22.5. The maximum Gasteiger partial charge on any atom is 0.257 e. The third-order valence-electron chi connectivity index (χ3n) is 5.99. The van der Waals surface area contributed by atoms with Crippen molar-refractivity contribution in [3.8, 4) is 5.75 Å². The second-order valence-electron chi connectivity index (χ2n) is 8.20. The number of rotatable bonds is 6. The predicted molar refractivity (Wildman–Crippen MR) is 130 cm³/mol. The van der Waals surface area contributed by atoms with Crippen LogP contribution in [0.4, 0.5) is 0 Å². The van der Waals surface area contributed by atoms with Gasteiger partial charge >= 0.3 is 0 Å². The SMILES string of the molecule is COc1cccc(/C=C2/SC3CCC(C(=O)NCCc4ccc(Cl)cc4)CC3NC2=O)c1. The molecule has 7 heteroatoms. The smallest absolute Gasteiger partial charge is 0.257 e. The summed E-state index contributed by atoms with van der Waals surface area (Å²) in [6.45, 7) is 0.597. The van der Waals surface area contributed by atoms with Crippen LogP contribution in [0.5, 0.6) is 5.75 Å². The van der Waals surface area contributed by atoms with Crippen molar-refractivity contribution in [2.24, 2.45) is 5.92 Å². The molecule has 0 radical (unpaired) electrons. The molecule has 1 aliphatic heterocycles. The van der Waals surface area contributed by atoms with E-state index in [2.05, 4.69) is 10.6 Å². The highest BCUT2D eigenvalue weighted by Gasteiger charge is 2.39. The maximum absolute atomic E-state index is 12.7. The van der Waals surface area contributed by atoms with Crippen molar-refractivity contribution in [2.75, 3.05) is 13.7 Å². The molecule has 1 saturated heterocycles. The number of hydrogen-bond donors (Lipinski definition) is 2. The van der Waals surface area contributed by atoms with E-state index in [1.54, 1.807) is 18.9 Å². The molecule has 168 valence electrons. The van der Waals surface area contributed by atoms with Gasteiger partial charge in [0.15, 0.2) is 0 Å². The molecule has 2 fully saturated rings. The third-order valence-corrected chi connectivity index (χ3v) is 7.67. The molecule has 1 aliphatic carbocycles. The molecule has 5 nitrogen and oxygen atoms in total. The van der Waals surface area contributed by atoms with Gasteiger partial charge in [0.2, 0.25) is 5.91 Å². The lowest BCUT2D eigenvalue weighted by Gasteiger charge is -2.39. The quantitative estimate of drug-likeness (QED) is 0.612. The van der Waals surface area contributed by atoms with Crippen LogP contribution in [0, 0.1) is 5.92 Å². The van der Waals surface area contributed by atoms with E-state index in [9.17, 15) is 9.59 Å². The molecule has 2 aliphatic rings. The molecule has 3 atom stereocenters. The first-order chi connectivity index (χ1) is 15.5. The topological polar surface area (TPSA) is 67.4 Å². The minimum Gasteiger partial charge on any atom is -0.497 e. The predicted octanol–water partition coefficient (Wildman–Crippen LogP) is 4.45.